The molecular formula is C11H13NO4. The largest absolute Gasteiger partial charge is 0.347 e. The van der Waals surface area contributed by atoms with Gasteiger partial charge in [-0.15, -0.1) is 0 Å². The molecule has 2 rings (SSSR count). The fourth-order valence-corrected chi connectivity index (χ4v) is 1.66. The van der Waals surface area contributed by atoms with Gasteiger partial charge in [0.15, 0.2) is 5.79 Å². The summed E-state index contributed by atoms with van der Waals surface area (Å²) in [6, 6.07) is 6.36. The van der Waals surface area contributed by atoms with Crippen molar-refractivity contribution in [1.29, 1.82) is 0 Å². The molecule has 0 bridgehead atoms. The maximum Gasteiger partial charge on any atom is 0.269 e. The van der Waals surface area contributed by atoms with Crippen molar-refractivity contribution < 1.29 is 14.4 Å². The van der Waals surface area contributed by atoms with Crippen LogP contribution < -0.4 is 0 Å². The van der Waals surface area contributed by atoms with E-state index in [-0.39, 0.29) is 11.8 Å². The first-order chi connectivity index (χ1) is 7.48. The van der Waals surface area contributed by atoms with Gasteiger partial charge in [0.1, 0.15) is 6.10 Å². The highest BCUT2D eigenvalue weighted by atomic mass is 16.7. The molecule has 0 aliphatic carbocycles. The molecule has 0 aromatic heterocycles. The van der Waals surface area contributed by atoms with Crippen LogP contribution in [-0.4, -0.2) is 17.3 Å². The highest BCUT2D eigenvalue weighted by Gasteiger charge is 2.33. The molecule has 1 aliphatic heterocycles. The number of hydrogen-bond donors (Lipinski definition) is 0. The van der Waals surface area contributed by atoms with Crippen LogP contribution in [0.5, 0.6) is 0 Å². The smallest absolute Gasteiger partial charge is 0.269 e. The van der Waals surface area contributed by atoms with Crippen molar-refractivity contribution in [2.75, 3.05) is 6.61 Å². The summed E-state index contributed by atoms with van der Waals surface area (Å²) < 4.78 is 11.1. The van der Waals surface area contributed by atoms with E-state index in [1.807, 2.05) is 13.8 Å². The Hall–Kier alpha value is -1.46. The van der Waals surface area contributed by atoms with Gasteiger partial charge in [0.2, 0.25) is 0 Å². The molecule has 1 aromatic rings. The molecule has 1 unspecified atom stereocenters. The third-order valence-corrected chi connectivity index (χ3v) is 2.48. The van der Waals surface area contributed by atoms with Crippen molar-refractivity contribution in [3.63, 3.8) is 0 Å². The number of rotatable bonds is 2. The molecule has 1 fully saturated rings. The van der Waals surface area contributed by atoms with Crippen LogP contribution >= 0.6 is 0 Å². The Labute approximate surface area is 93.1 Å². The molecule has 16 heavy (non-hydrogen) atoms. The van der Waals surface area contributed by atoms with Crippen LogP contribution in [0.3, 0.4) is 0 Å². The minimum absolute atomic E-state index is 0.0851. The van der Waals surface area contributed by atoms with E-state index in [2.05, 4.69) is 0 Å². The summed E-state index contributed by atoms with van der Waals surface area (Å²) in [5.74, 6) is -0.577. The second-order valence-electron chi connectivity index (χ2n) is 4.17. The predicted molar refractivity (Wildman–Crippen MR) is 57.0 cm³/mol. The minimum atomic E-state index is -0.577. The summed E-state index contributed by atoms with van der Waals surface area (Å²) in [6.45, 7) is 4.17. The lowest BCUT2D eigenvalue weighted by Gasteiger charge is -2.17. The van der Waals surface area contributed by atoms with Crippen LogP contribution in [0.2, 0.25) is 0 Å². The first-order valence-corrected chi connectivity index (χ1v) is 5.04. The lowest BCUT2D eigenvalue weighted by molar-refractivity contribution is -0.384. The van der Waals surface area contributed by atoms with Gasteiger partial charge in [0, 0.05) is 12.1 Å². The van der Waals surface area contributed by atoms with Gasteiger partial charge in [-0.1, -0.05) is 0 Å². The summed E-state index contributed by atoms with van der Waals surface area (Å²) in [6.07, 6.45) is -0.143. The summed E-state index contributed by atoms with van der Waals surface area (Å²) in [5, 5.41) is 10.5. The Morgan fingerprint density at radius 2 is 2.00 bits per heavy atom. The van der Waals surface area contributed by atoms with Crippen molar-refractivity contribution in [1.82, 2.24) is 0 Å². The van der Waals surface area contributed by atoms with Crippen LogP contribution in [0, 0.1) is 10.1 Å². The SMILES string of the molecule is CC1(C)OCC(c2ccc([N+](=O)[O-])cc2)O1. The van der Waals surface area contributed by atoms with Crippen LogP contribution in [-0.2, 0) is 9.47 Å². The zero-order valence-electron chi connectivity index (χ0n) is 9.17. The summed E-state index contributed by atoms with van der Waals surface area (Å²) in [5.41, 5.74) is 0.984. The first-order valence-electron chi connectivity index (χ1n) is 5.04. The average Bonchev–Trinajstić information content (AvgIpc) is 2.59. The first kappa shape index (κ1) is 11.0. The van der Waals surface area contributed by atoms with E-state index in [1.54, 1.807) is 12.1 Å². The Morgan fingerprint density at radius 1 is 1.38 bits per heavy atom. The number of nitrogens with zero attached hydrogens (tertiary/aromatic N) is 1. The van der Waals surface area contributed by atoms with Crippen LogP contribution in [0.4, 0.5) is 5.69 Å². The van der Waals surface area contributed by atoms with Gasteiger partial charge < -0.3 is 9.47 Å². The van der Waals surface area contributed by atoms with Gasteiger partial charge >= 0.3 is 0 Å². The topological polar surface area (TPSA) is 61.6 Å². The summed E-state index contributed by atoms with van der Waals surface area (Å²) >= 11 is 0. The van der Waals surface area contributed by atoms with Crippen molar-refractivity contribution in [3.05, 3.63) is 39.9 Å². The second-order valence-corrected chi connectivity index (χ2v) is 4.17. The summed E-state index contributed by atoms with van der Waals surface area (Å²) in [4.78, 5) is 10.1. The van der Waals surface area contributed by atoms with E-state index in [9.17, 15) is 10.1 Å². The van der Waals surface area contributed by atoms with Crippen LogP contribution in [0.15, 0.2) is 24.3 Å². The van der Waals surface area contributed by atoms with Crippen molar-refractivity contribution in [3.8, 4) is 0 Å². The van der Waals surface area contributed by atoms with Gasteiger partial charge in [-0.25, -0.2) is 0 Å². The molecular weight excluding hydrogens is 210 g/mol. The van der Waals surface area contributed by atoms with Crippen molar-refractivity contribution >= 4 is 5.69 Å². The normalized spacial score (nSPS) is 23.2. The molecule has 5 heteroatoms. The minimum Gasteiger partial charge on any atom is -0.347 e. The third-order valence-electron chi connectivity index (χ3n) is 2.48. The number of nitro benzene ring substituents is 1. The predicted octanol–water partition coefficient (Wildman–Crippen LogP) is 2.42. The van der Waals surface area contributed by atoms with Gasteiger partial charge in [-0.05, 0) is 31.5 Å². The molecule has 1 aliphatic rings. The standard InChI is InChI=1S/C11H13NO4/c1-11(2)15-7-10(16-11)8-3-5-9(6-4-8)12(13)14/h3-6,10H,7H2,1-2H3. The number of nitro groups is 1. The monoisotopic (exact) mass is 223 g/mol. The van der Waals surface area contributed by atoms with Crippen LogP contribution in [0.25, 0.3) is 0 Å². The lowest BCUT2D eigenvalue weighted by atomic mass is 10.1. The highest BCUT2D eigenvalue weighted by Crippen LogP contribution is 2.33. The number of hydrogen-bond acceptors (Lipinski definition) is 4. The Balaban J connectivity index is 2.14. The fourth-order valence-electron chi connectivity index (χ4n) is 1.66. The van der Waals surface area contributed by atoms with Gasteiger partial charge in [-0.2, -0.15) is 0 Å². The molecule has 0 N–H and O–H groups in total. The molecule has 0 spiro atoms. The molecule has 1 heterocycles. The molecule has 0 amide bonds. The lowest BCUT2D eigenvalue weighted by Crippen LogP contribution is -2.19. The average molecular weight is 223 g/mol. The zero-order chi connectivity index (χ0) is 11.8. The quantitative estimate of drug-likeness (QED) is 0.570. The number of benzene rings is 1. The van der Waals surface area contributed by atoms with Gasteiger partial charge in [-0.3, -0.25) is 10.1 Å². The Morgan fingerprint density at radius 3 is 2.44 bits per heavy atom. The number of non-ortho nitro benzene ring substituents is 1. The van der Waals surface area contributed by atoms with E-state index >= 15 is 0 Å². The van der Waals surface area contributed by atoms with Gasteiger partial charge in [0.25, 0.3) is 5.69 Å². The van der Waals surface area contributed by atoms with E-state index < -0.39 is 10.7 Å². The fraction of sp³-hybridized carbons (Fsp3) is 0.455. The maximum atomic E-state index is 10.5. The van der Waals surface area contributed by atoms with Crippen molar-refractivity contribution in [2.45, 2.75) is 25.7 Å². The highest BCUT2D eigenvalue weighted by molar-refractivity contribution is 5.34. The molecule has 0 radical (unpaired) electrons. The Kier molecular flexibility index (Phi) is 2.65. The zero-order valence-corrected chi connectivity index (χ0v) is 9.17. The van der Waals surface area contributed by atoms with E-state index in [1.165, 1.54) is 12.1 Å². The molecule has 1 atom stereocenters. The summed E-state index contributed by atoms with van der Waals surface area (Å²) in [7, 11) is 0. The molecule has 5 nitrogen and oxygen atoms in total. The van der Waals surface area contributed by atoms with E-state index in [0.29, 0.717) is 6.61 Å². The number of ether oxygens (including phenoxy) is 2. The van der Waals surface area contributed by atoms with Gasteiger partial charge in [0.05, 0.1) is 11.5 Å². The Bertz CT molecular complexity index is 399. The van der Waals surface area contributed by atoms with E-state index in [0.717, 1.165) is 5.56 Å². The molecule has 86 valence electrons. The van der Waals surface area contributed by atoms with E-state index in [4.69, 9.17) is 9.47 Å². The van der Waals surface area contributed by atoms with Crippen molar-refractivity contribution in [2.24, 2.45) is 0 Å². The molecule has 1 aromatic carbocycles. The third kappa shape index (κ3) is 2.20. The van der Waals surface area contributed by atoms with Crippen LogP contribution in [0.1, 0.15) is 25.5 Å². The maximum absolute atomic E-state index is 10.5. The molecule has 1 saturated heterocycles. The molecule has 0 saturated carbocycles. The second kappa shape index (κ2) is 3.84.